The Balaban J connectivity index is 2.72. The molecular formula is C14H19NO4. The molecule has 0 aliphatic rings. The monoisotopic (exact) mass is 265 g/mol. The average molecular weight is 265 g/mol. The molecule has 0 aromatic heterocycles. The largest absolute Gasteiger partial charge is 0.478 e. The predicted octanol–water partition coefficient (Wildman–Crippen LogP) is 0.571. The Hall–Kier alpha value is -1.69. The number of carboxylic acids is 1. The van der Waals surface area contributed by atoms with Crippen LogP contribution < -0.4 is 0 Å². The molecule has 0 radical (unpaired) electrons. The molecular weight excluding hydrogens is 246 g/mol. The third-order valence-corrected chi connectivity index (χ3v) is 2.61. The van der Waals surface area contributed by atoms with E-state index in [1.807, 2.05) is 29.2 Å². The molecule has 1 rings (SSSR count). The Morgan fingerprint density at radius 1 is 1.21 bits per heavy atom. The summed E-state index contributed by atoms with van der Waals surface area (Å²) in [6.45, 7) is 1.68. The lowest BCUT2D eigenvalue weighted by Gasteiger charge is -2.20. The number of nitrogens with zero attached hydrogens (tertiary/aromatic N) is 1. The minimum atomic E-state index is -0.979. The molecule has 0 atom stereocenters. The second-order valence-corrected chi connectivity index (χ2v) is 4.14. The van der Waals surface area contributed by atoms with Crippen LogP contribution in [0, 0.1) is 0 Å². The third kappa shape index (κ3) is 6.15. The number of benzene rings is 1. The van der Waals surface area contributed by atoms with E-state index in [2.05, 4.69) is 0 Å². The highest BCUT2D eigenvalue weighted by molar-refractivity contribution is 5.85. The van der Waals surface area contributed by atoms with Crippen molar-refractivity contribution in [1.29, 1.82) is 0 Å². The molecule has 0 unspecified atom stereocenters. The van der Waals surface area contributed by atoms with Crippen molar-refractivity contribution in [2.45, 2.75) is 6.54 Å². The van der Waals surface area contributed by atoms with Crippen LogP contribution in [0.3, 0.4) is 0 Å². The molecule has 5 nitrogen and oxygen atoms in total. The van der Waals surface area contributed by atoms with Gasteiger partial charge in [0, 0.05) is 25.7 Å². The first-order chi connectivity index (χ1) is 9.15. The van der Waals surface area contributed by atoms with E-state index in [1.165, 1.54) is 6.08 Å². The molecule has 0 spiro atoms. The van der Waals surface area contributed by atoms with E-state index >= 15 is 0 Å². The molecule has 1 aromatic rings. The SMILES string of the molecule is O=C(O)C=Cc1cccc(CN(CCO)CCO)c1. The quantitative estimate of drug-likeness (QED) is 0.599. The van der Waals surface area contributed by atoms with Crippen molar-refractivity contribution >= 4 is 12.0 Å². The zero-order chi connectivity index (χ0) is 14.1. The van der Waals surface area contributed by atoms with Crippen LogP contribution in [0.5, 0.6) is 0 Å². The van der Waals surface area contributed by atoms with Crippen molar-refractivity contribution in [3.63, 3.8) is 0 Å². The van der Waals surface area contributed by atoms with Gasteiger partial charge in [0.2, 0.25) is 0 Å². The van der Waals surface area contributed by atoms with E-state index in [1.54, 1.807) is 0 Å². The summed E-state index contributed by atoms with van der Waals surface area (Å²) in [6, 6.07) is 7.50. The molecule has 19 heavy (non-hydrogen) atoms. The highest BCUT2D eigenvalue weighted by Crippen LogP contribution is 2.09. The number of carboxylic acid groups (broad SMARTS) is 1. The minimum Gasteiger partial charge on any atom is -0.478 e. The first-order valence-corrected chi connectivity index (χ1v) is 6.09. The fourth-order valence-corrected chi connectivity index (χ4v) is 1.77. The number of hydrogen-bond acceptors (Lipinski definition) is 4. The molecule has 0 saturated heterocycles. The third-order valence-electron chi connectivity index (χ3n) is 2.61. The van der Waals surface area contributed by atoms with Crippen LogP contribution in [-0.2, 0) is 11.3 Å². The molecule has 104 valence electrons. The Labute approximate surface area is 112 Å². The number of hydrogen-bond donors (Lipinski definition) is 3. The molecule has 0 fully saturated rings. The fourth-order valence-electron chi connectivity index (χ4n) is 1.77. The van der Waals surface area contributed by atoms with Gasteiger partial charge < -0.3 is 15.3 Å². The van der Waals surface area contributed by atoms with Crippen molar-refractivity contribution in [3.8, 4) is 0 Å². The van der Waals surface area contributed by atoms with Gasteiger partial charge in [-0.25, -0.2) is 4.79 Å². The summed E-state index contributed by atoms with van der Waals surface area (Å²) in [7, 11) is 0. The smallest absolute Gasteiger partial charge is 0.328 e. The highest BCUT2D eigenvalue weighted by atomic mass is 16.4. The lowest BCUT2D eigenvalue weighted by atomic mass is 10.1. The van der Waals surface area contributed by atoms with E-state index in [0.29, 0.717) is 19.6 Å². The molecule has 0 saturated carbocycles. The normalized spacial score (nSPS) is 11.3. The van der Waals surface area contributed by atoms with Gasteiger partial charge in [0.15, 0.2) is 0 Å². The van der Waals surface area contributed by atoms with Crippen LogP contribution in [0.1, 0.15) is 11.1 Å². The molecule has 0 heterocycles. The van der Waals surface area contributed by atoms with Crippen molar-refractivity contribution in [1.82, 2.24) is 4.90 Å². The average Bonchev–Trinajstić information content (AvgIpc) is 2.37. The van der Waals surface area contributed by atoms with Crippen molar-refractivity contribution in [3.05, 3.63) is 41.5 Å². The lowest BCUT2D eigenvalue weighted by molar-refractivity contribution is -0.131. The first kappa shape index (κ1) is 15.4. The van der Waals surface area contributed by atoms with E-state index in [4.69, 9.17) is 15.3 Å². The molecule has 5 heteroatoms. The van der Waals surface area contributed by atoms with E-state index in [0.717, 1.165) is 17.2 Å². The number of aliphatic hydroxyl groups excluding tert-OH is 2. The number of aliphatic carboxylic acids is 1. The zero-order valence-electron chi connectivity index (χ0n) is 10.7. The summed E-state index contributed by atoms with van der Waals surface area (Å²) < 4.78 is 0. The van der Waals surface area contributed by atoms with Gasteiger partial charge in [-0.3, -0.25) is 4.90 Å². The summed E-state index contributed by atoms with van der Waals surface area (Å²) >= 11 is 0. The van der Waals surface area contributed by atoms with Crippen molar-refractivity contribution < 1.29 is 20.1 Å². The lowest BCUT2D eigenvalue weighted by Crippen LogP contribution is -2.29. The Morgan fingerprint density at radius 2 is 1.89 bits per heavy atom. The van der Waals surface area contributed by atoms with Gasteiger partial charge in [-0.15, -0.1) is 0 Å². The summed E-state index contributed by atoms with van der Waals surface area (Å²) in [6.07, 6.45) is 2.63. The van der Waals surface area contributed by atoms with Crippen molar-refractivity contribution in [2.24, 2.45) is 0 Å². The zero-order valence-corrected chi connectivity index (χ0v) is 10.7. The Kier molecular flexibility index (Phi) is 6.81. The fraction of sp³-hybridized carbons (Fsp3) is 0.357. The number of aliphatic hydroxyl groups is 2. The van der Waals surface area contributed by atoms with Gasteiger partial charge in [-0.05, 0) is 17.2 Å². The Morgan fingerprint density at radius 3 is 2.47 bits per heavy atom. The van der Waals surface area contributed by atoms with Crippen LogP contribution in [0.25, 0.3) is 6.08 Å². The van der Waals surface area contributed by atoms with Gasteiger partial charge in [-0.2, -0.15) is 0 Å². The maximum Gasteiger partial charge on any atom is 0.328 e. The second kappa shape index (κ2) is 8.42. The van der Waals surface area contributed by atoms with Crippen LogP contribution in [0.4, 0.5) is 0 Å². The van der Waals surface area contributed by atoms with Gasteiger partial charge in [0.25, 0.3) is 0 Å². The molecule has 0 bridgehead atoms. The predicted molar refractivity (Wildman–Crippen MR) is 72.6 cm³/mol. The molecule has 0 aliphatic carbocycles. The van der Waals surface area contributed by atoms with Crippen LogP contribution >= 0.6 is 0 Å². The molecule has 0 amide bonds. The van der Waals surface area contributed by atoms with E-state index in [-0.39, 0.29) is 13.2 Å². The van der Waals surface area contributed by atoms with E-state index in [9.17, 15) is 4.79 Å². The Bertz CT molecular complexity index is 425. The molecule has 0 aliphatic heterocycles. The molecule has 3 N–H and O–H groups in total. The second-order valence-electron chi connectivity index (χ2n) is 4.14. The van der Waals surface area contributed by atoms with Crippen LogP contribution in [0.15, 0.2) is 30.3 Å². The summed E-state index contributed by atoms with van der Waals surface area (Å²) in [4.78, 5) is 12.4. The van der Waals surface area contributed by atoms with Crippen LogP contribution in [-0.4, -0.2) is 52.5 Å². The molecule has 1 aromatic carbocycles. The highest BCUT2D eigenvalue weighted by Gasteiger charge is 2.04. The minimum absolute atomic E-state index is 0.0403. The first-order valence-electron chi connectivity index (χ1n) is 6.09. The van der Waals surface area contributed by atoms with Gasteiger partial charge in [0.1, 0.15) is 0 Å². The maximum atomic E-state index is 10.5. The number of carbonyl (C=O) groups is 1. The summed E-state index contributed by atoms with van der Waals surface area (Å²) in [5.41, 5.74) is 1.82. The van der Waals surface area contributed by atoms with Gasteiger partial charge in [-0.1, -0.05) is 24.3 Å². The standard InChI is InChI=1S/C14H19NO4/c16-8-6-15(7-9-17)11-13-3-1-2-12(10-13)4-5-14(18)19/h1-5,10,16-17H,6-9,11H2,(H,18,19). The maximum absolute atomic E-state index is 10.5. The topological polar surface area (TPSA) is 81.0 Å². The summed E-state index contributed by atoms with van der Waals surface area (Å²) in [5.74, 6) is -0.979. The van der Waals surface area contributed by atoms with Gasteiger partial charge >= 0.3 is 5.97 Å². The van der Waals surface area contributed by atoms with E-state index < -0.39 is 5.97 Å². The van der Waals surface area contributed by atoms with Gasteiger partial charge in [0.05, 0.1) is 13.2 Å². The van der Waals surface area contributed by atoms with Crippen molar-refractivity contribution in [2.75, 3.05) is 26.3 Å². The number of rotatable bonds is 8. The van der Waals surface area contributed by atoms with Crippen LogP contribution in [0.2, 0.25) is 0 Å². The summed E-state index contributed by atoms with van der Waals surface area (Å²) in [5, 5.41) is 26.5.